The van der Waals surface area contributed by atoms with Gasteiger partial charge < -0.3 is 20.3 Å². The number of likely N-dealkylation sites (N-methyl/N-ethyl adjacent to an activating group) is 1. The molecule has 150 valence electrons. The average molecular weight is 385 g/mol. The van der Waals surface area contributed by atoms with E-state index in [1.807, 2.05) is 13.0 Å². The Morgan fingerprint density at radius 3 is 2.25 bits per heavy atom. The smallest absolute Gasteiger partial charge is 0.259 e. The SMILES string of the molecule is CCOc1ccccc1C(=O)Nc1ccc(C(=O)NCC[NH+](CC)CC)cc1. The van der Waals surface area contributed by atoms with Crippen molar-refractivity contribution >= 4 is 17.5 Å². The zero-order chi connectivity index (χ0) is 20.4. The molecule has 0 heterocycles. The van der Waals surface area contributed by atoms with Crippen LogP contribution in [-0.4, -0.2) is 44.6 Å². The van der Waals surface area contributed by atoms with E-state index in [1.165, 1.54) is 4.90 Å². The average Bonchev–Trinajstić information content (AvgIpc) is 2.72. The van der Waals surface area contributed by atoms with Gasteiger partial charge in [0.15, 0.2) is 0 Å². The molecule has 2 aromatic carbocycles. The van der Waals surface area contributed by atoms with Gasteiger partial charge in [-0.2, -0.15) is 0 Å². The Labute approximate surface area is 166 Å². The highest BCUT2D eigenvalue weighted by Crippen LogP contribution is 2.20. The number of para-hydroxylation sites is 1. The number of carbonyl (C=O) groups is 2. The van der Waals surface area contributed by atoms with Crippen molar-refractivity contribution in [3.05, 3.63) is 59.7 Å². The second kappa shape index (κ2) is 11.1. The summed E-state index contributed by atoms with van der Waals surface area (Å²) in [5.74, 6) is 0.198. The summed E-state index contributed by atoms with van der Waals surface area (Å²) in [6.45, 7) is 10.3. The number of anilines is 1. The molecule has 0 saturated heterocycles. The third-order valence-corrected chi connectivity index (χ3v) is 4.60. The van der Waals surface area contributed by atoms with Crippen LogP contribution in [0.5, 0.6) is 5.75 Å². The first-order valence-corrected chi connectivity index (χ1v) is 9.84. The number of nitrogens with one attached hydrogen (secondary N) is 3. The van der Waals surface area contributed by atoms with E-state index in [-0.39, 0.29) is 11.8 Å². The normalized spacial score (nSPS) is 10.6. The molecule has 0 radical (unpaired) electrons. The largest absolute Gasteiger partial charge is 0.493 e. The van der Waals surface area contributed by atoms with E-state index < -0.39 is 0 Å². The Kier molecular flexibility index (Phi) is 8.49. The van der Waals surface area contributed by atoms with Gasteiger partial charge in [0, 0.05) is 11.3 Å². The number of quaternary nitrogens is 1. The zero-order valence-corrected chi connectivity index (χ0v) is 16.9. The Morgan fingerprint density at radius 2 is 1.61 bits per heavy atom. The van der Waals surface area contributed by atoms with Crippen LogP contribution in [0.1, 0.15) is 41.5 Å². The minimum Gasteiger partial charge on any atom is -0.493 e. The summed E-state index contributed by atoms with van der Waals surface area (Å²) in [7, 11) is 0. The topological polar surface area (TPSA) is 71.9 Å². The van der Waals surface area contributed by atoms with Gasteiger partial charge in [0.25, 0.3) is 11.8 Å². The van der Waals surface area contributed by atoms with Crippen LogP contribution in [0.3, 0.4) is 0 Å². The Hall–Kier alpha value is -2.86. The van der Waals surface area contributed by atoms with E-state index in [2.05, 4.69) is 24.5 Å². The first-order chi connectivity index (χ1) is 13.6. The lowest BCUT2D eigenvalue weighted by atomic mass is 10.1. The van der Waals surface area contributed by atoms with E-state index in [9.17, 15) is 9.59 Å². The molecule has 0 fully saturated rings. The minimum atomic E-state index is -0.247. The summed E-state index contributed by atoms with van der Waals surface area (Å²) >= 11 is 0. The number of amides is 2. The monoisotopic (exact) mass is 384 g/mol. The van der Waals surface area contributed by atoms with Gasteiger partial charge in [-0.15, -0.1) is 0 Å². The standard InChI is InChI=1S/C22H29N3O3/c1-4-25(5-2)16-15-23-21(26)17-11-13-18(14-12-17)24-22(27)19-9-7-8-10-20(19)28-6-3/h7-14H,4-6,15-16H2,1-3H3,(H,23,26)(H,24,27)/p+1. The van der Waals surface area contributed by atoms with Crippen molar-refractivity contribution in [3.63, 3.8) is 0 Å². The molecule has 0 aliphatic heterocycles. The highest BCUT2D eigenvalue weighted by molar-refractivity contribution is 6.06. The van der Waals surface area contributed by atoms with Crippen molar-refractivity contribution < 1.29 is 19.2 Å². The number of ether oxygens (including phenoxy) is 1. The predicted molar refractivity (Wildman–Crippen MR) is 111 cm³/mol. The van der Waals surface area contributed by atoms with Crippen LogP contribution in [-0.2, 0) is 0 Å². The number of carbonyl (C=O) groups excluding carboxylic acids is 2. The van der Waals surface area contributed by atoms with E-state index in [4.69, 9.17) is 4.74 Å². The summed E-state index contributed by atoms with van der Waals surface area (Å²) in [5, 5.41) is 5.78. The third kappa shape index (κ3) is 6.09. The summed E-state index contributed by atoms with van der Waals surface area (Å²) < 4.78 is 5.50. The molecular formula is C22H30N3O3+. The zero-order valence-electron chi connectivity index (χ0n) is 16.9. The highest BCUT2D eigenvalue weighted by Gasteiger charge is 2.13. The lowest BCUT2D eigenvalue weighted by Gasteiger charge is -2.15. The van der Waals surface area contributed by atoms with Gasteiger partial charge in [0.2, 0.25) is 0 Å². The molecule has 0 saturated carbocycles. The van der Waals surface area contributed by atoms with Crippen molar-refractivity contribution in [2.75, 3.05) is 38.1 Å². The van der Waals surface area contributed by atoms with Gasteiger partial charge in [-0.3, -0.25) is 9.59 Å². The van der Waals surface area contributed by atoms with Crippen molar-refractivity contribution in [2.24, 2.45) is 0 Å². The molecular weight excluding hydrogens is 354 g/mol. The molecule has 3 N–H and O–H groups in total. The molecule has 2 aromatic rings. The van der Waals surface area contributed by atoms with Crippen LogP contribution in [0, 0.1) is 0 Å². The molecule has 6 nitrogen and oxygen atoms in total. The molecule has 0 aromatic heterocycles. The summed E-state index contributed by atoms with van der Waals surface area (Å²) in [4.78, 5) is 26.2. The summed E-state index contributed by atoms with van der Waals surface area (Å²) in [6.07, 6.45) is 0. The first kappa shape index (κ1) is 21.4. The second-order valence-electron chi connectivity index (χ2n) is 6.42. The van der Waals surface area contributed by atoms with Gasteiger partial charge in [-0.05, 0) is 57.2 Å². The van der Waals surface area contributed by atoms with E-state index in [1.54, 1.807) is 42.5 Å². The fraction of sp³-hybridized carbons (Fsp3) is 0.364. The van der Waals surface area contributed by atoms with E-state index in [0.29, 0.717) is 35.7 Å². The molecule has 0 bridgehead atoms. The molecule has 28 heavy (non-hydrogen) atoms. The minimum absolute atomic E-state index is 0.105. The van der Waals surface area contributed by atoms with Gasteiger partial charge in [-0.1, -0.05) is 12.1 Å². The number of hydrogen-bond acceptors (Lipinski definition) is 3. The van der Waals surface area contributed by atoms with E-state index in [0.717, 1.165) is 19.6 Å². The Bertz CT molecular complexity index is 771. The molecule has 0 atom stereocenters. The fourth-order valence-corrected chi connectivity index (χ4v) is 2.90. The molecule has 0 unspecified atom stereocenters. The van der Waals surface area contributed by atoms with Crippen molar-refractivity contribution in [1.82, 2.24) is 5.32 Å². The first-order valence-electron chi connectivity index (χ1n) is 9.84. The number of benzene rings is 2. The Morgan fingerprint density at radius 1 is 0.929 bits per heavy atom. The van der Waals surface area contributed by atoms with E-state index >= 15 is 0 Å². The van der Waals surface area contributed by atoms with Crippen LogP contribution in [0.25, 0.3) is 0 Å². The molecule has 6 heteroatoms. The van der Waals surface area contributed by atoms with Crippen LogP contribution in [0.2, 0.25) is 0 Å². The maximum absolute atomic E-state index is 12.5. The Balaban J connectivity index is 1.93. The highest BCUT2D eigenvalue weighted by atomic mass is 16.5. The maximum atomic E-state index is 12.5. The van der Waals surface area contributed by atoms with Crippen molar-refractivity contribution in [2.45, 2.75) is 20.8 Å². The van der Waals surface area contributed by atoms with Crippen LogP contribution >= 0.6 is 0 Å². The molecule has 0 aliphatic rings. The van der Waals surface area contributed by atoms with Gasteiger partial charge >= 0.3 is 0 Å². The molecule has 0 aliphatic carbocycles. The van der Waals surface area contributed by atoms with Crippen LogP contribution in [0.4, 0.5) is 5.69 Å². The number of hydrogen-bond donors (Lipinski definition) is 3. The predicted octanol–water partition coefficient (Wildman–Crippen LogP) is 1.99. The van der Waals surface area contributed by atoms with Gasteiger partial charge in [0.05, 0.1) is 38.3 Å². The third-order valence-electron chi connectivity index (χ3n) is 4.60. The molecule has 2 rings (SSSR count). The van der Waals surface area contributed by atoms with Crippen molar-refractivity contribution in [3.8, 4) is 5.75 Å². The number of rotatable bonds is 10. The molecule has 0 spiro atoms. The second-order valence-corrected chi connectivity index (χ2v) is 6.42. The van der Waals surface area contributed by atoms with Gasteiger partial charge in [-0.25, -0.2) is 0 Å². The summed E-state index contributed by atoms with van der Waals surface area (Å²) in [5.41, 5.74) is 1.67. The lowest BCUT2D eigenvalue weighted by Crippen LogP contribution is -3.12. The van der Waals surface area contributed by atoms with Gasteiger partial charge in [0.1, 0.15) is 5.75 Å². The lowest BCUT2D eigenvalue weighted by molar-refractivity contribution is -0.895. The molecule has 2 amide bonds. The van der Waals surface area contributed by atoms with Crippen molar-refractivity contribution in [1.29, 1.82) is 0 Å². The summed E-state index contributed by atoms with van der Waals surface area (Å²) in [6, 6.07) is 14.0. The fourth-order valence-electron chi connectivity index (χ4n) is 2.90. The maximum Gasteiger partial charge on any atom is 0.259 e. The van der Waals surface area contributed by atoms with Crippen LogP contribution in [0.15, 0.2) is 48.5 Å². The quantitative estimate of drug-likeness (QED) is 0.587. The van der Waals surface area contributed by atoms with Crippen LogP contribution < -0.4 is 20.3 Å².